The van der Waals surface area contributed by atoms with Crippen molar-refractivity contribution in [1.29, 1.82) is 0 Å². The second-order valence-electron chi connectivity index (χ2n) is 9.38. The van der Waals surface area contributed by atoms with Gasteiger partial charge < -0.3 is 25.2 Å². The Kier molecular flexibility index (Phi) is 6.26. The van der Waals surface area contributed by atoms with Crippen molar-refractivity contribution in [3.8, 4) is 5.75 Å². The number of anilines is 4. The molecule has 2 aliphatic carbocycles. The fourth-order valence-electron chi connectivity index (χ4n) is 4.95. The summed E-state index contributed by atoms with van der Waals surface area (Å²) in [6, 6.07) is 5.99. The molecule has 34 heavy (non-hydrogen) atoms. The molecule has 0 radical (unpaired) electrons. The number of hydrogen-bond acceptors (Lipinski definition) is 7. The molecule has 0 bridgehead atoms. The van der Waals surface area contributed by atoms with E-state index in [1.54, 1.807) is 37.4 Å². The monoisotopic (exact) mass is 464 g/mol. The first-order valence-electron chi connectivity index (χ1n) is 12.2. The largest absolute Gasteiger partial charge is 0.495 e. The van der Waals surface area contributed by atoms with E-state index in [1.807, 2.05) is 6.07 Å². The van der Waals surface area contributed by atoms with Crippen molar-refractivity contribution < 1.29 is 14.3 Å². The van der Waals surface area contributed by atoms with Gasteiger partial charge in [-0.05, 0) is 50.3 Å². The third kappa shape index (κ3) is 4.38. The van der Waals surface area contributed by atoms with E-state index in [0.717, 1.165) is 37.2 Å². The molecule has 0 atom stereocenters. The van der Waals surface area contributed by atoms with Crippen molar-refractivity contribution in [3.63, 3.8) is 0 Å². The SMILES string of the molecule is COc1cc(C(=O)NC2CCC2)ccc1Nc1ncc2c(n1)N(C1CCCC1)CCC(=O)N2C. The number of hydrogen-bond donors (Lipinski definition) is 2. The van der Waals surface area contributed by atoms with E-state index in [4.69, 9.17) is 9.72 Å². The number of carbonyl (C=O) groups excluding carboxylic acids is 2. The molecule has 9 nitrogen and oxygen atoms in total. The predicted octanol–water partition coefficient (Wildman–Crippen LogP) is 3.63. The van der Waals surface area contributed by atoms with Crippen LogP contribution in [0.25, 0.3) is 0 Å². The lowest BCUT2D eigenvalue weighted by Gasteiger charge is -2.30. The molecule has 2 heterocycles. The molecule has 1 aromatic carbocycles. The molecule has 9 heteroatoms. The lowest BCUT2D eigenvalue weighted by atomic mass is 9.93. The van der Waals surface area contributed by atoms with Crippen LogP contribution in [0.3, 0.4) is 0 Å². The minimum atomic E-state index is -0.0873. The Morgan fingerprint density at radius 2 is 1.94 bits per heavy atom. The Labute approximate surface area is 199 Å². The van der Waals surface area contributed by atoms with Crippen LogP contribution in [0.5, 0.6) is 5.75 Å². The molecule has 2 aromatic rings. The maximum Gasteiger partial charge on any atom is 0.251 e. The molecule has 1 aromatic heterocycles. The summed E-state index contributed by atoms with van der Waals surface area (Å²) >= 11 is 0. The van der Waals surface area contributed by atoms with Gasteiger partial charge in [0.1, 0.15) is 11.4 Å². The zero-order valence-corrected chi connectivity index (χ0v) is 19.8. The highest BCUT2D eigenvalue weighted by Crippen LogP contribution is 2.37. The van der Waals surface area contributed by atoms with Crippen molar-refractivity contribution in [2.45, 2.75) is 63.5 Å². The minimum Gasteiger partial charge on any atom is -0.495 e. The van der Waals surface area contributed by atoms with Crippen molar-refractivity contribution in [3.05, 3.63) is 30.0 Å². The number of benzene rings is 1. The third-order valence-electron chi connectivity index (χ3n) is 7.24. The predicted molar refractivity (Wildman–Crippen MR) is 131 cm³/mol. The van der Waals surface area contributed by atoms with Gasteiger partial charge in [-0.2, -0.15) is 4.98 Å². The second-order valence-corrected chi connectivity index (χ2v) is 9.38. The van der Waals surface area contributed by atoms with Gasteiger partial charge in [0.2, 0.25) is 11.9 Å². The maximum absolute atomic E-state index is 12.6. The molecular weight excluding hydrogens is 432 g/mol. The Morgan fingerprint density at radius 1 is 1.15 bits per heavy atom. The average molecular weight is 465 g/mol. The van der Waals surface area contributed by atoms with Crippen LogP contribution >= 0.6 is 0 Å². The molecular formula is C25H32N6O3. The zero-order chi connectivity index (χ0) is 23.7. The third-order valence-corrected chi connectivity index (χ3v) is 7.24. The van der Waals surface area contributed by atoms with E-state index in [-0.39, 0.29) is 17.9 Å². The average Bonchev–Trinajstić information content (AvgIpc) is 3.32. The van der Waals surface area contributed by atoms with Crippen LogP contribution in [0.15, 0.2) is 24.4 Å². The van der Waals surface area contributed by atoms with Crippen LogP contribution < -0.4 is 25.2 Å². The first-order chi connectivity index (χ1) is 16.5. The lowest BCUT2D eigenvalue weighted by Crippen LogP contribution is -2.39. The molecule has 3 aliphatic rings. The quantitative estimate of drug-likeness (QED) is 0.673. The summed E-state index contributed by atoms with van der Waals surface area (Å²) in [5.41, 5.74) is 1.97. The molecule has 180 valence electrons. The van der Waals surface area contributed by atoms with Crippen LogP contribution in [0.2, 0.25) is 0 Å². The van der Waals surface area contributed by atoms with Gasteiger partial charge in [-0.1, -0.05) is 12.8 Å². The number of aromatic nitrogens is 2. The Balaban J connectivity index is 1.41. The Bertz CT molecular complexity index is 1080. The van der Waals surface area contributed by atoms with Crippen LogP contribution in [0.4, 0.5) is 23.1 Å². The van der Waals surface area contributed by atoms with Crippen molar-refractivity contribution in [1.82, 2.24) is 15.3 Å². The van der Waals surface area contributed by atoms with E-state index in [1.165, 1.54) is 19.3 Å². The molecule has 0 spiro atoms. The van der Waals surface area contributed by atoms with E-state index < -0.39 is 0 Å². The number of rotatable bonds is 6. The molecule has 5 rings (SSSR count). The van der Waals surface area contributed by atoms with E-state index in [0.29, 0.717) is 42.0 Å². The highest BCUT2D eigenvalue weighted by Gasteiger charge is 2.31. The number of amides is 2. The zero-order valence-electron chi connectivity index (χ0n) is 19.8. The fourth-order valence-corrected chi connectivity index (χ4v) is 4.95. The highest BCUT2D eigenvalue weighted by atomic mass is 16.5. The topological polar surface area (TPSA) is 99.7 Å². The van der Waals surface area contributed by atoms with Gasteiger partial charge in [0.05, 0.1) is 19.0 Å². The Hall–Kier alpha value is -3.36. The number of fused-ring (bicyclic) bond motifs is 1. The summed E-state index contributed by atoms with van der Waals surface area (Å²) in [7, 11) is 3.36. The van der Waals surface area contributed by atoms with Crippen LogP contribution in [-0.4, -0.2) is 54.6 Å². The second kappa shape index (κ2) is 9.48. The molecule has 2 fully saturated rings. The van der Waals surface area contributed by atoms with Crippen molar-refractivity contribution >= 4 is 35.0 Å². The lowest BCUT2D eigenvalue weighted by molar-refractivity contribution is -0.118. The highest BCUT2D eigenvalue weighted by molar-refractivity contribution is 5.97. The van der Waals surface area contributed by atoms with Gasteiger partial charge >= 0.3 is 0 Å². The first kappa shape index (κ1) is 22.4. The van der Waals surface area contributed by atoms with Crippen molar-refractivity contribution in [2.24, 2.45) is 0 Å². The molecule has 2 N–H and O–H groups in total. The summed E-state index contributed by atoms with van der Waals surface area (Å²) in [5, 5.41) is 6.31. The van der Waals surface area contributed by atoms with Gasteiger partial charge in [0.15, 0.2) is 5.82 Å². The van der Waals surface area contributed by atoms with Gasteiger partial charge in [-0.25, -0.2) is 4.98 Å². The normalized spacial score (nSPS) is 18.8. The molecule has 1 aliphatic heterocycles. The number of methoxy groups -OCH3 is 1. The van der Waals surface area contributed by atoms with Crippen LogP contribution in [0.1, 0.15) is 61.7 Å². The number of nitrogens with one attached hydrogen (secondary N) is 2. The molecule has 0 saturated heterocycles. The van der Waals surface area contributed by atoms with E-state index >= 15 is 0 Å². The summed E-state index contributed by atoms with van der Waals surface area (Å²) in [6.07, 6.45) is 10.0. The Morgan fingerprint density at radius 3 is 2.65 bits per heavy atom. The van der Waals surface area contributed by atoms with Gasteiger partial charge in [0.25, 0.3) is 5.91 Å². The number of nitrogens with zero attached hydrogens (tertiary/aromatic N) is 4. The van der Waals surface area contributed by atoms with E-state index in [2.05, 4.69) is 20.5 Å². The van der Waals surface area contributed by atoms with Gasteiger partial charge in [0, 0.05) is 37.7 Å². The minimum absolute atomic E-state index is 0.0727. The first-order valence-corrected chi connectivity index (χ1v) is 12.2. The summed E-state index contributed by atoms with van der Waals surface area (Å²) in [6.45, 7) is 0.658. The standard InChI is InChI=1S/C25H32N6O3/c1-30-20-15-26-25(29-23(20)31(13-12-22(30)32)18-8-3-4-9-18)28-19-11-10-16(14-21(19)34-2)24(33)27-17-6-5-7-17/h10-11,14-15,17-18H,3-9,12-13H2,1-2H3,(H,27,33)(H,26,28,29). The number of ether oxygens (including phenoxy) is 1. The smallest absolute Gasteiger partial charge is 0.251 e. The molecule has 2 saturated carbocycles. The fraction of sp³-hybridized carbons (Fsp3) is 0.520. The molecule has 0 unspecified atom stereocenters. The van der Waals surface area contributed by atoms with Gasteiger partial charge in [-0.3, -0.25) is 9.59 Å². The summed E-state index contributed by atoms with van der Waals surface area (Å²) in [5.74, 6) is 1.74. The van der Waals surface area contributed by atoms with Crippen molar-refractivity contribution in [2.75, 3.05) is 35.8 Å². The van der Waals surface area contributed by atoms with E-state index in [9.17, 15) is 9.59 Å². The summed E-state index contributed by atoms with van der Waals surface area (Å²) in [4.78, 5) is 38.4. The summed E-state index contributed by atoms with van der Waals surface area (Å²) < 4.78 is 5.56. The van der Waals surface area contributed by atoms with Crippen LogP contribution in [0, 0.1) is 0 Å². The van der Waals surface area contributed by atoms with Gasteiger partial charge in [-0.15, -0.1) is 0 Å². The maximum atomic E-state index is 12.6. The van der Waals surface area contributed by atoms with Crippen LogP contribution in [-0.2, 0) is 4.79 Å². The number of carbonyl (C=O) groups is 2. The molecule has 2 amide bonds.